The van der Waals surface area contributed by atoms with E-state index in [-0.39, 0.29) is 6.18 Å². The van der Waals surface area contributed by atoms with Gasteiger partial charge in [0.2, 0.25) is 0 Å². The molecule has 28 valence electrons. The average Bonchev–Trinajstić information content (AvgIpc) is 1.97. The van der Waals surface area contributed by atoms with Crippen molar-refractivity contribution in [3.05, 3.63) is 12.4 Å². The topological polar surface area (TPSA) is 24.1 Å². The highest BCUT2D eigenvalue weighted by atomic mass is 15.1. The molecule has 0 atom stereocenters. The van der Waals surface area contributed by atoms with Crippen LogP contribution in [0.2, 0.25) is 2.82 Å². The minimum atomic E-state index is -2.20. The Bertz CT molecular complexity index is 178. The summed E-state index contributed by atoms with van der Waals surface area (Å²) in [4.78, 5) is 0. The third-order valence-electron chi connectivity index (χ3n) is 0.295. The standard InChI is InChI=1S/C3H6N2/c1-2-5-3-4-1/h1-2,4-5H,3H2/i1D,3D2/hD2. The second kappa shape index (κ2) is 0.971. The van der Waals surface area contributed by atoms with Crippen LogP contribution in [0.1, 0.15) is 4.11 Å². The molecule has 1 aliphatic heterocycles. The van der Waals surface area contributed by atoms with Gasteiger partial charge in [0.1, 0.15) is 0 Å². The van der Waals surface area contributed by atoms with Crippen LogP contribution in [0.4, 0.5) is 0 Å². The van der Waals surface area contributed by atoms with Gasteiger partial charge in [-0.15, -0.1) is 0 Å². The lowest BCUT2D eigenvalue weighted by Gasteiger charge is -1.82. The fourth-order valence-electron chi connectivity index (χ4n) is 0.144. The van der Waals surface area contributed by atoms with E-state index in [4.69, 9.17) is 6.94 Å². The molecule has 0 saturated carbocycles. The van der Waals surface area contributed by atoms with Crippen LogP contribution in [0.5, 0.6) is 0 Å². The summed E-state index contributed by atoms with van der Waals surface area (Å²) in [7, 11) is 0. The summed E-state index contributed by atoms with van der Waals surface area (Å²) in [6.45, 7) is -2.20. The summed E-state index contributed by atoms with van der Waals surface area (Å²) >= 11 is 0. The summed E-state index contributed by atoms with van der Waals surface area (Å²) in [5.41, 5.74) is 0. The molecular weight excluding hydrogens is 64.0 g/mol. The molecule has 0 fully saturated rings. The van der Waals surface area contributed by atoms with Gasteiger partial charge in [0.15, 0.2) is 2.82 Å². The van der Waals surface area contributed by atoms with E-state index in [1.54, 1.807) is 0 Å². The molecule has 1 aliphatic rings. The monoisotopic (exact) mass is 75.1 g/mol. The van der Waals surface area contributed by atoms with Crippen molar-refractivity contribution < 1.29 is 6.94 Å². The lowest BCUT2D eigenvalue weighted by atomic mass is 11.0. The van der Waals surface area contributed by atoms with Crippen molar-refractivity contribution in [3.8, 4) is 0 Å². The molecule has 0 unspecified atom stereocenters. The molecule has 2 nitrogen and oxygen atoms in total. The van der Waals surface area contributed by atoms with Gasteiger partial charge in [0.25, 0.3) is 0 Å². The van der Waals surface area contributed by atoms with Gasteiger partial charge in [-0.05, 0) is 0 Å². The minimum absolute atomic E-state index is 0.319. The Morgan fingerprint density at radius 2 is 3.20 bits per heavy atom. The smallest absolute Gasteiger partial charge is 0.161 e. The van der Waals surface area contributed by atoms with Gasteiger partial charge in [-0.2, -0.15) is 0 Å². The van der Waals surface area contributed by atoms with Gasteiger partial charge in [-0.3, -0.25) is 0 Å². The highest BCUT2D eigenvalue weighted by molar-refractivity contribution is 4.82. The molecule has 0 amide bonds. The number of hydrogen-bond donors (Lipinski definition) is 2. The third-order valence-corrected chi connectivity index (χ3v) is 0.295. The molecule has 2 N–H and O–H groups in total. The van der Waals surface area contributed by atoms with Crippen LogP contribution in [-0.2, 0) is 0 Å². The van der Waals surface area contributed by atoms with Crippen LogP contribution in [0.3, 0.4) is 0 Å². The zero-order chi connectivity index (χ0) is 7.94. The van der Waals surface area contributed by atoms with Crippen molar-refractivity contribution >= 4 is 0 Å². The molecule has 0 aromatic carbocycles. The average molecular weight is 75.1 g/mol. The molecule has 1 heterocycles. The third kappa shape index (κ3) is 0.318. The lowest BCUT2D eigenvalue weighted by Crippen LogP contribution is -2.10. The number of rotatable bonds is 0. The summed E-state index contributed by atoms with van der Waals surface area (Å²) < 4.78 is 34.7. The SMILES string of the molecule is [2H]C1=CN([2H])C([2H])([2H])N1[2H]. The van der Waals surface area contributed by atoms with Crippen LogP contribution >= 0.6 is 0 Å². The first-order valence-electron chi connectivity index (χ1n) is 3.61. The zero-order valence-electron chi connectivity index (χ0n) is 7.47. The van der Waals surface area contributed by atoms with Crippen molar-refractivity contribution in [2.24, 2.45) is 0 Å². The molecule has 0 bridgehead atoms. The highest BCUT2D eigenvalue weighted by Crippen LogP contribution is 1.65. The maximum atomic E-state index is 7.00. The van der Waals surface area contributed by atoms with Crippen LogP contribution < -0.4 is 10.6 Å². The fraction of sp³-hybridized carbons (Fsp3) is 0.333. The maximum absolute atomic E-state index is 7.00. The van der Waals surface area contributed by atoms with Gasteiger partial charge < -0.3 is 10.6 Å². The summed E-state index contributed by atoms with van der Waals surface area (Å²) in [5, 5.41) is 0.766. The lowest BCUT2D eigenvalue weighted by molar-refractivity contribution is 0.836. The van der Waals surface area contributed by atoms with Crippen LogP contribution in [0.25, 0.3) is 0 Å². The first kappa shape index (κ1) is 0.555. The summed E-state index contributed by atoms with van der Waals surface area (Å²) in [6, 6.07) is 0. The molecular formula is C3H6N2. The summed E-state index contributed by atoms with van der Waals surface area (Å²) in [5.74, 6) is 0. The van der Waals surface area contributed by atoms with Gasteiger partial charge in [-0.25, -0.2) is 0 Å². The molecule has 0 radical (unpaired) electrons. The van der Waals surface area contributed by atoms with Crippen molar-refractivity contribution in [3.63, 3.8) is 0 Å². The van der Waals surface area contributed by atoms with Crippen LogP contribution in [0.15, 0.2) is 12.4 Å². The van der Waals surface area contributed by atoms with Gasteiger partial charge in [0, 0.05) is 12.4 Å². The van der Waals surface area contributed by atoms with Crippen molar-refractivity contribution in [1.82, 2.24) is 10.6 Å². The van der Waals surface area contributed by atoms with E-state index < -0.39 is 6.62 Å². The zero-order valence-corrected chi connectivity index (χ0v) is 2.47. The predicted molar refractivity (Wildman–Crippen MR) is 20.3 cm³/mol. The minimum Gasteiger partial charge on any atom is -0.373 e. The molecule has 1 rings (SSSR count). The normalized spacial score (nSPS) is 48.0. The van der Waals surface area contributed by atoms with E-state index in [0.717, 1.165) is 6.20 Å². The Morgan fingerprint density at radius 3 is 3.40 bits per heavy atom. The quantitative estimate of drug-likeness (QED) is 0.409. The molecule has 0 saturated heterocycles. The Kier molecular flexibility index (Phi) is 0.108. The van der Waals surface area contributed by atoms with Gasteiger partial charge >= 0.3 is 0 Å². The molecule has 5 heavy (non-hydrogen) atoms. The second-order valence-electron chi connectivity index (χ2n) is 0.599. The van der Waals surface area contributed by atoms with Crippen LogP contribution in [-0.4, -0.2) is 6.62 Å². The molecule has 0 aromatic heterocycles. The van der Waals surface area contributed by atoms with E-state index in [1.807, 2.05) is 0 Å². The fourth-order valence-corrected chi connectivity index (χ4v) is 0.144. The number of nitrogens with one attached hydrogen (secondary N) is 2. The largest absolute Gasteiger partial charge is 0.373 e. The Morgan fingerprint density at radius 1 is 2.20 bits per heavy atom. The van der Waals surface area contributed by atoms with Crippen molar-refractivity contribution in [1.29, 1.82) is 0 Å². The first-order chi connectivity index (χ1) is 4.46. The Hall–Kier alpha value is -0.660. The van der Waals surface area contributed by atoms with E-state index in [9.17, 15) is 0 Å². The highest BCUT2D eigenvalue weighted by Gasteiger charge is 1.77. The Labute approximate surface area is 38.0 Å². The number of hydrogen-bond acceptors (Lipinski definition) is 2. The van der Waals surface area contributed by atoms with E-state index in [1.165, 1.54) is 0 Å². The van der Waals surface area contributed by atoms with Gasteiger partial charge in [0.05, 0.1) is 10.7 Å². The second-order valence-corrected chi connectivity index (χ2v) is 0.599. The van der Waals surface area contributed by atoms with E-state index in [2.05, 4.69) is 0 Å². The maximum Gasteiger partial charge on any atom is 0.161 e. The predicted octanol–water partition coefficient (Wildman–Crippen LogP) is -0.392. The van der Waals surface area contributed by atoms with E-state index >= 15 is 0 Å². The molecule has 2 heteroatoms. The Balaban J connectivity index is 2.87. The van der Waals surface area contributed by atoms with E-state index in [0.29, 0.717) is 10.6 Å². The molecule has 0 spiro atoms. The summed E-state index contributed by atoms with van der Waals surface area (Å²) in [6.07, 6.45) is 0.618. The van der Waals surface area contributed by atoms with Gasteiger partial charge in [-0.1, -0.05) is 0 Å². The first-order valence-corrected chi connectivity index (χ1v) is 1.22. The molecule has 0 aromatic rings. The van der Waals surface area contributed by atoms with Crippen LogP contribution in [0, 0.1) is 0 Å². The van der Waals surface area contributed by atoms with Crippen molar-refractivity contribution in [2.45, 2.75) is 0 Å². The van der Waals surface area contributed by atoms with Crippen molar-refractivity contribution in [2.75, 3.05) is 6.62 Å². The molecule has 0 aliphatic carbocycles.